The molecule has 0 atom stereocenters. The minimum absolute atomic E-state index is 0.126. The van der Waals surface area contributed by atoms with Gasteiger partial charge in [0.05, 0.1) is 11.6 Å². The minimum atomic E-state index is -0.268. The highest BCUT2D eigenvalue weighted by Crippen LogP contribution is 2.45. The summed E-state index contributed by atoms with van der Waals surface area (Å²) in [6.07, 6.45) is 1.99. The van der Waals surface area contributed by atoms with E-state index < -0.39 is 0 Å². The van der Waals surface area contributed by atoms with Crippen molar-refractivity contribution in [1.29, 1.82) is 0 Å². The zero-order valence-corrected chi connectivity index (χ0v) is 14.6. The summed E-state index contributed by atoms with van der Waals surface area (Å²) in [4.78, 5) is 12.3. The van der Waals surface area contributed by atoms with Crippen molar-refractivity contribution in [2.75, 3.05) is 5.32 Å². The largest absolute Gasteiger partial charge is 0.491 e. The van der Waals surface area contributed by atoms with Crippen LogP contribution >= 0.6 is 11.6 Å². The number of anilines is 1. The quantitative estimate of drug-likeness (QED) is 0.807. The maximum Gasteiger partial charge on any atom is 0.319 e. The summed E-state index contributed by atoms with van der Waals surface area (Å²) in [7, 11) is 0. The molecule has 126 valence electrons. The number of amides is 2. The fourth-order valence-electron chi connectivity index (χ4n) is 2.65. The number of hydrogen-bond acceptors (Lipinski definition) is 2. The van der Waals surface area contributed by atoms with Crippen molar-refractivity contribution in [3.05, 3.63) is 59.1 Å². The molecule has 1 saturated carbocycles. The highest BCUT2D eigenvalue weighted by Gasteiger charge is 2.45. The lowest BCUT2D eigenvalue weighted by Crippen LogP contribution is -2.38. The Morgan fingerprint density at radius 3 is 2.25 bits per heavy atom. The monoisotopic (exact) mass is 344 g/mol. The van der Waals surface area contributed by atoms with E-state index in [9.17, 15) is 4.79 Å². The van der Waals surface area contributed by atoms with E-state index in [-0.39, 0.29) is 17.7 Å². The number of carbonyl (C=O) groups excluding carboxylic acids is 1. The molecule has 0 aromatic heterocycles. The minimum Gasteiger partial charge on any atom is -0.491 e. The first-order valence-electron chi connectivity index (χ1n) is 8.09. The Kier molecular flexibility index (Phi) is 4.67. The molecule has 0 saturated heterocycles. The maximum atomic E-state index is 12.3. The second-order valence-corrected chi connectivity index (χ2v) is 6.80. The molecule has 1 fully saturated rings. The van der Waals surface area contributed by atoms with Gasteiger partial charge in [-0.15, -0.1) is 0 Å². The van der Waals surface area contributed by atoms with E-state index in [0.717, 1.165) is 29.8 Å². The summed E-state index contributed by atoms with van der Waals surface area (Å²) in [5.74, 6) is 0.788. The van der Waals surface area contributed by atoms with E-state index in [2.05, 4.69) is 10.6 Å². The molecular formula is C19H21ClN2O2. The van der Waals surface area contributed by atoms with Crippen molar-refractivity contribution in [3.8, 4) is 5.75 Å². The molecule has 0 radical (unpaired) electrons. The van der Waals surface area contributed by atoms with Gasteiger partial charge < -0.3 is 15.4 Å². The van der Waals surface area contributed by atoms with Crippen LogP contribution in [0.5, 0.6) is 5.75 Å². The van der Waals surface area contributed by atoms with Crippen molar-refractivity contribution in [3.63, 3.8) is 0 Å². The highest BCUT2D eigenvalue weighted by atomic mass is 35.5. The second kappa shape index (κ2) is 6.73. The number of halogens is 1. The fourth-order valence-corrected chi connectivity index (χ4v) is 2.77. The summed E-state index contributed by atoms with van der Waals surface area (Å²) in [5, 5.41) is 6.64. The number of hydrogen-bond donors (Lipinski definition) is 2. The third kappa shape index (κ3) is 4.01. The molecule has 2 N–H and O–H groups in total. The van der Waals surface area contributed by atoms with Crippen molar-refractivity contribution < 1.29 is 9.53 Å². The summed E-state index contributed by atoms with van der Waals surface area (Å²) >= 11 is 5.93. The van der Waals surface area contributed by atoms with E-state index in [1.54, 1.807) is 0 Å². The first kappa shape index (κ1) is 16.7. The molecule has 2 amide bonds. The average molecular weight is 345 g/mol. The van der Waals surface area contributed by atoms with Crippen LogP contribution in [0.25, 0.3) is 0 Å². The first-order chi connectivity index (χ1) is 11.5. The molecule has 2 aromatic carbocycles. The Morgan fingerprint density at radius 2 is 1.71 bits per heavy atom. The third-order valence-corrected chi connectivity index (χ3v) is 4.24. The second-order valence-electron chi connectivity index (χ2n) is 6.36. The molecule has 1 aliphatic carbocycles. The number of urea groups is 1. The van der Waals surface area contributed by atoms with Gasteiger partial charge in [0.2, 0.25) is 0 Å². The van der Waals surface area contributed by atoms with E-state index >= 15 is 0 Å². The molecule has 4 nitrogen and oxygen atoms in total. The zero-order chi connectivity index (χ0) is 17.2. The number of nitrogens with one attached hydrogen (secondary N) is 2. The Morgan fingerprint density at radius 1 is 1.08 bits per heavy atom. The van der Waals surface area contributed by atoms with Gasteiger partial charge >= 0.3 is 6.03 Å². The highest BCUT2D eigenvalue weighted by molar-refractivity contribution is 6.30. The van der Waals surface area contributed by atoms with Gasteiger partial charge in [0.25, 0.3) is 0 Å². The maximum absolute atomic E-state index is 12.3. The van der Waals surface area contributed by atoms with Gasteiger partial charge in [0.1, 0.15) is 5.75 Å². The van der Waals surface area contributed by atoms with Crippen molar-refractivity contribution in [2.45, 2.75) is 38.3 Å². The predicted molar refractivity (Wildman–Crippen MR) is 96.7 cm³/mol. The van der Waals surface area contributed by atoms with Crippen LogP contribution in [0.15, 0.2) is 48.5 Å². The molecule has 0 heterocycles. The van der Waals surface area contributed by atoms with Gasteiger partial charge in [0, 0.05) is 10.7 Å². The molecule has 2 aromatic rings. The SMILES string of the molecule is CC(C)Oc1ccc(NC(=O)NC2(c3ccc(Cl)cc3)CC2)cc1. The molecule has 0 bridgehead atoms. The van der Waals surface area contributed by atoms with Crippen LogP contribution in [0, 0.1) is 0 Å². The van der Waals surface area contributed by atoms with Gasteiger partial charge in [-0.3, -0.25) is 0 Å². The number of rotatable bonds is 5. The van der Waals surface area contributed by atoms with Crippen molar-refractivity contribution in [1.82, 2.24) is 5.32 Å². The molecule has 0 spiro atoms. The lowest BCUT2D eigenvalue weighted by molar-refractivity contribution is 0.242. The molecule has 1 aliphatic rings. The van der Waals surface area contributed by atoms with Crippen LogP contribution in [-0.2, 0) is 5.54 Å². The van der Waals surface area contributed by atoms with E-state index in [1.807, 2.05) is 62.4 Å². The molecule has 0 aliphatic heterocycles. The van der Waals surface area contributed by atoms with Crippen molar-refractivity contribution in [2.24, 2.45) is 0 Å². The Balaban J connectivity index is 1.60. The molecule has 5 heteroatoms. The molecular weight excluding hydrogens is 324 g/mol. The average Bonchev–Trinajstić information content (AvgIpc) is 3.30. The van der Waals surface area contributed by atoms with Crippen molar-refractivity contribution >= 4 is 23.3 Å². The van der Waals surface area contributed by atoms with Gasteiger partial charge in [-0.25, -0.2) is 4.79 Å². The zero-order valence-electron chi connectivity index (χ0n) is 13.8. The van der Waals surface area contributed by atoms with Crippen LogP contribution in [0.2, 0.25) is 5.02 Å². The standard InChI is InChI=1S/C19H21ClN2O2/c1-13(2)24-17-9-7-16(8-10-17)21-18(23)22-19(11-12-19)14-3-5-15(20)6-4-14/h3-10,13H,11-12H2,1-2H3,(H2,21,22,23). The van der Waals surface area contributed by atoms with Crippen LogP contribution < -0.4 is 15.4 Å². The number of benzene rings is 2. The molecule has 0 unspecified atom stereocenters. The topological polar surface area (TPSA) is 50.4 Å². The van der Waals surface area contributed by atoms with Crippen LogP contribution in [0.3, 0.4) is 0 Å². The van der Waals surface area contributed by atoms with Crippen LogP contribution in [0.1, 0.15) is 32.3 Å². The summed E-state index contributed by atoms with van der Waals surface area (Å²) in [6.45, 7) is 3.96. The Labute approximate surface area is 147 Å². The Bertz CT molecular complexity index is 707. The number of ether oxygens (including phenoxy) is 1. The smallest absolute Gasteiger partial charge is 0.319 e. The van der Waals surface area contributed by atoms with Gasteiger partial charge in [-0.05, 0) is 68.7 Å². The first-order valence-corrected chi connectivity index (χ1v) is 8.47. The van der Waals surface area contributed by atoms with Crippen LogP contribution in [0.4, 0.5) is 10.5 Å². The van der Waals surface area contributed by atoms with Gasteiger partial charge in [-0.1, -0.05) is 23.7 Å². The van der Waals surface area contributed by atoms with E-state index in [0.29, 0.717) is 5.02 Å². The normalized spacial score (nSPS) is 15.0. The molecule has 3 rings (SSSR count). The fraction of sp³-hybridized carbons (Fsp3) is 0.316. The summed E-state index contributed by atoms with van der Waals surface area (Å²) in [5.41, 5.74) is 1.55. The van der Waals surface area contributed by atoms with Gasteiger partial charge in [0.15, 0.2) is 0 Å². The lowest BCUT2D eigenvalue weighted by Gasteiger charge is -2.19. The lowest BCUT2D eigenvalue weighted by atomic mass is 10.1. The van der Waals surface area contributed by atoms with E-state index in [1.165, 1.54) is 0 Å². The number of carbonyl (C=O) groups is 1. The molecule has 24 heavy (non-hydrogen) atoms. The van der Waals surface area contributed by atoms with E-state index in [4.69, 9.17) is 16.3 Å². The Hall–Kier alpha value is -2.20. The summed E-state index contributed by atoms with van der Waals surface area (Å²) in [6, 6.07) is 14.8. The summed E-state index contributed by atoms with van der Waals surface area (Å²) < 4.78 is 5.59. The predicted octanol–water partition coefficient (Wildman–Crippen LogP) is 4.94. The third-order valence-electron chi connectivity index (χ3n) is 3.98. The van der Waals surface area contributed by atoms with Gasteiger partial charge in [-0.2, -0.15) is 0 Å². The van der Waals surface area contributed by atoms with Crippen LogP contribution in [-0.4, -0.2) is 12.1 Å².